The van der Waals surface area contributed by atoms with Crippen LogP contribution in [0.25, 0.3) is 0 Å². The third-order valence-corrected chi connectivity index (χ3v) is 0.800. The molecule has 8 heavy (non-hydrogen) atoms. The second-order valence-electron chi connectivity index (χ2n) is 1.41. The van der Waals surface area contributed by atoms with Crippen molar-refractivity contribution in [3.63, 3.8) is 0 Å². The fourth-order valence-electron chi connectivity index (χ4n) is 0.283. The lowest BCUT2D eigenvalue weighted by Crippen LogP contribution is -2.01. The molecule has 0 radical (unpaired) electrons. The zero-order valence-corrected chi connectivity index (χ0v) is 5.61. The van der Waals surface area contributed by atoms with Crippen molar-refractivity contribution < 1.29 is 9.17 Å². The summed E-state index contributed by atoms with van der Waals surface area (Å²) in [7, 11) is 0. The highest BCUT2D eigenvalue weighted by molar-refractivity contribution is 7.51. The average molecular weight is 135 g/mol. The highest BCUT2D eigenvalue weighted by Crippen LogP contribution is 1.86. The Kier molecular flexibility index (Phi) is 4.54. The Morgan fingerprint density at radius 3 is 2.75 bits per heavy atom. The highest BCUT2D eigenvalue weighted by atomic mass is 32.1. The Bertz CT molecular complexity index is 76.4. The second kappa shape index (κ2) is 4.77. The quantitative estimate of drug-likeness (QED) is 0.326. The van der Waals surface area contributed by atoms with Crippen molar-refractivity contribution >= 4 is 12.8 Å². The van der Waals surface area contributed by atoms with Crippen LogP contribution in [0.3, 0.4) is 0 Å². The smallest absolute Gasteiger partial charge is 0.163 e. The van der Waals surface area contributed by atoms with Crippen LogP contribution in [0, 0.1) is 4.91 Å². The minimum absolute atomic E-state index is 0.0651. The molecule has 0 aliphatic carbocycles. The van der Waals surface area contributed by atoms with Gasteiger partial charge in [-0.1, -0.05) is 13.3 Å². The Labute approximate surface area is 54.1 Å². The Morgan fingerprint density at radius 1 is 1.75 bits per heavy atom. The summed E-state index contributed by atoms with van der Waals surface area (Å²) in [5.74, 6) is 0. The zero-order valence-electron chi connectivity index (χ0n) is 4.79. The maximum Gasteiger partial charge on any atom is 0.163 e. The van der Waals surface area contributed by atoms with Gasteiger partial charge in [-0.15, -0.1) is 0 Å². The maximum atomic E-state index is 9.83. The summed E-state index contributed by atoms with van der Waals surface area (Å²) in [6.45, 7) is 2.45. The molecule has 0 fully saturated rings. The molecule has 4 heteroatoms. The van der Waals surface area contributed by atoms with Gasteiger partial charge in [0.1, 0.15) is 4.33 Å². The molecule has 0 bridgehead atoms. The van der Waals surface area contributed by atoms with Crippen molar-refractivity contribution in [3.8, 4) is 0 Å². The van der Waals surface area contributed by atoms with Gasteiger partial charge in [-0.3, -0.25) is 0 Å². The minimum Gasteiger partial charge on any atom is -0.306 e. The molecule has 0 N–H and O–H groups in total. The van der Waals surface area contributed by atoms with E-state index in [4.69, 9.17) is 0 Å². The third-order valence-electron chi connectivity index (χ3n) is 0.695. The van der Waals surface area contributed by atoms with Gasteiger partial charge < -0.3 is 12.8 Å². The van der Waals surface area contributed by atoms with E-state index < -0.39 is 0 Å². The van der Waals surface area contributed by atoms with E-state index in [2.05, 4.69) is 17.7 Å². The first-order chi connectivity index (χ1) is 3.77. The fraction of sp³-hybridized carbons (Fsp3) is 1.00. The van der Waals surface area contributed by atoms with Crippen molar-refractivity contribution in [1.29, 1.82) is 0 Å². The summed E-state index contributed by atoms with van der Waals surface area (Å²) < 4.78 is 0.0651. The molecule has 0 aromatic carbocycles. The van der Waals surface area contributed by atoms with E-state index in [9.17, 15) is 4.91 Å². The lowest BCUT2D eigenvalue weighted by Gasteiger charge is -1.92. The van der Waals surface area contributed by atoms with E-state index in [1.807, 2.05) is 6.92 Å². The molecule has 3 nitrogen and oxygen atoms in total. The molecular formula is C4H9NO2S. The highest BCUT2D eigenvalue weighted by Gasteiger charge is 1.88. The summed E-state index contributed by atoms with van der Waals surface area (Å²) in [5.41, 5.74) is 0. The fourth-order valence-corrected chi connectivity index (χ4v) is 0.358. The van der Waals surface area contributed by atoms with Crippen molar-refractivity contribution in [2.45, 2.75) is 19.8 Å². The largest absolute Gasteiger partial charge is 0.306 e. The normalized spacial score (nSPS) is 8.62. The Balaban J connectivity index is 2.82. The lowest BCUT2D eigenvalue weighted by molar-refractivity contribution is -0.681. The van der Waals surface area contributed by atoms with E-state index in [1.165, 1.54) is 0 Å². The van der Waals surface area contributed by atoms with Gasteiger partial charge in [-0.05, 0) is 6.42 Å². The van der Waals surface area contributed by atoms with Gasteiger partial charge in [0, 0.05) is 0 Å². The number of unbranched alkanes of at least 4 members (excludes halogenated alkanes) is 1. The van der Waals surface area contributed by atoms with Crippen LogP contribution in [-0.2, 0) is 17.7 Å². The van der Waals surface area contributed by atoms with Crippen LogP contribution < -0.4 is 0 Å². The molecule has 0 spiro atoms. The van der Waals surface area contributed by atoms with E-state index >= 15 is 0 Å². The SMILES string of the molecule is CCCCO[N+](=O)[S-]. The summed E-state index contributed by atoms with van der Waals surface area (Å²) in [4.78, 5) is 14.2. The molecule has 0 aliphatic rings. The van der Waals surface area contributed by atoms with E-state index in [0.717, 1.165) is 12.8 Å². The van der Waals surface area contributed by atoms with Crippen LogP contribution in [0.4, 0.5) is 0 Å². The standard InChI is InChI=1S/C4H9NO2S/c1-2-3-4-7-5(6)8/h2-4H2,1H3. The minimum atomic E-state index is 0.0651. The van der Waals surface area contributed by atoms with Gasteiger partial charge in [0.15, 0.2) is 6.61 Å². The Hall–Kier alpha value is -0.380. The zero-order chi connectivity index (χ0) is 6.41. The number of nitrogens with zero attached hydrogens (tertiary/aromatic N) is 1. The van der Waals surface area contributed by atoms with Crippen molar-refractivity contribution in [2.75, 3.05) is 6.61 Å². The van der Waals surface area contributed by atoms with Crippen LogP contribution in [0.1, 0.15) is 19.8 Å². The molecular weight excluding hydrogens is 126 g/mol. The van der Waals surface area contributed by atoms with Gasteiger partial charge in [0.25, 0.3) is 0 Å². The van der Waals surface area contributed by atoms with Crippen LogP contribution in [0.2, 0.25) is 0 Å². The number of rotatable bonds is 4. The van der Waals surface area contributed by atoms with Gasteiger partial charge in [0.2, 0.25) is 0 Å². The molecule has 0 aromatic heterocycles. The molecule has 0 heterocycles. The van der Waals surface area contributed by atoms with Crippen molar-refractivity contribution in [2.24, 2.45) is 0 Å². The third kappa shape index (κ3) is 5.62. The molecule has 0 rings (SSSR count). The first kappa shape index (κ1) is 7.62. The van der Waals surface area contributed by atoms with Gasteiger partial charge >= 0.3 is 0 Å². The number of hydrogen-bond donors (Lipinski definition) is 0. The predicted molar refractivity (Wildman–Crippen MR) is 31.9 cm³/mol. The maximum absolute atomic E-state index is 9.83. The van der Waals surface area contributed by atoms with Gasteiger partial charge in [-0.2, -0.15) is 0 Å². The molecule has 0 unspecified atom stereocenters. The van der Waals surface area contributed by atoms with E-state index in [-0.39, 0.29) is 4.33 Å². The second-order valence-corrected chi connectivity index (χ2v) is 1.71. The van der Waals surface area contributed by atoms with Crippen LogP contribution >= 0.6 is 0 Å². The summed E-state index contributed by atoms with van der Waals surface area (Å²) in [5, 5.41) is 0. The van der Waals surface area contributed by atoms with Crippen LogP contribution in [0.15, 0.2) is 0 Å². The first-order valence-electron chi connectivity index (χ1n) is 2.54. The molecule has 0 atom stereocenters. The number of hydrogen-bond acceptors (Lipinski definition) is 3. The van der Waals surface area contributed by atoms with Gasteiger partial charge in [0.05, 0.1) is 4.91 Å². The monoisotopic (exact) mass is 135 g/mol. The summed E-state index contributed by atoms with van der Waals surface area (Å²) in [6.07, 6.45) is 1.90. The van der Waals surface area contributed by atoms with E-state index in [0.29, 0.717) is 6.61 Å². The first-order valence-corrected chi connectivity index (χ1v) is 2.91. The molecule has 48 valence electrons. The van der Waals surface area contributed by atoms with Gasteiger partial charge in [-0.25, -0.2) is 4.84 Å². The molecule has 0 saturated carbocycles. The summed E-state index contributed by atoms with van der Waals surface area (Å²) >= 11 is 4.05. The summed E-state index contributed by atoms with van der Waals surface area (Å²) in [6, 6.07) is 0. The predicted octanol–water partition coefficient (Wildman–Crippen LogP) is 0.959. The van der Waals surface area contributed by atoms with Crippen LogP contribution in [-0.4, -0.2) is 10.9 Å². The average Bonchev–Trinajstić information content (AvgIpc) is 1.66. The lowest BCUT2D eigenvalue weighted by atomic mass is 10.4. The molecule has 0 aliphatic heterocycles. The molecule has 0 saturated heterocycles. The van der Waals surface area contributed by atoms with Crippen molar-refractivity contribution in [3.05, 3.63) is 4.91 Å². The molecule has 0 amide bonds. The van der Waals surface area contributed by atoms with Crippen molar-refractivity contribution in [1.82, 2.24) is 0 Å². The Morgan fingerprint density at radius 2 is 2.38 bits per heavy atom. The van der Waals surface area contributed by atoms with E-state index in [1.54, 1.807) is 0 Å². The molecule has 0 aromatic rings. The van der Waals surface area contributed by atoms with Crippen LogP contribution in [0.5, 0.6) is 0 Å². The topological polar surface area (TPSA) is 29.3 Å².